The molecule has 2 aliphatic heterocycles. The lowest BCUT2D eigenvalue weighted by atomic mass is 10.1. The fourth-order valence-electron chi connectivity index (χ4n) is 1.86. The molecule has 1 fully saturated rings. The highest BCUT2D eigenvalue weighted by atomic mass is 16.5. The first kappa shape index (κ1) is 12.7. The predicted molar refractivity (Wildman–Crippen MR) is 63.4 cm³/mol. The Morgan fingerprint density at radius 1 is 0.944 bits per heavy atom. The zero-order valence-corrected chi connectivity index (χ0v) is 9.96. The maximum atomic E-state index is 11.1. The molecular formula is C13H15NO4. The van der Waals surface area contributed by atoms with Gasteiger partial charge < -0.3 is 4.74 Å². The number of nitrogens with zero attached hydrogens (tertiary/aromatic N) is 1. The normalized spacial score (nSPS) is 18.2. The summed E-state index contributed by atoms with van der Waals surface area (Å²) >= 11 is 0. The Balaban J connectivity index is 0.000000169. The third kappa shape index (κ3) is 2.57. The number of hydrogen-bond acceptors (Lipinski definition) is 4. The van der Waals surface area contributed by atoms with Crippen LogP contribution in [0.15, 0.2) is 24.3 Å². The third-order valence-electron chi connectivity index (χ3n) is 2.85. The second-order valence-electron chi connectivity index (χ2n) is 4.14. The first-order valence-electron chi connectivity index (χ1n) is 5.96. The summed E-state index contributed by atoms with van der Waals surface area (Å²) in [5.41, 5.74) is 0.509. The summed E-state index contributed by atoms with van der Waals surface area (Å²) < 4.78 is 5.07. The molecule has 0 bridgehead atoms. The van der Waals surface area contributed by atoms with E-state index in [1.54, 1.807) is 12.1 Å². The minimum Gasteiger partial charge on any atom is -0.381 e. The molecule has 96 valence electrons. The Bertz CT molecular complexity index is 408. The number of ether oxygens (including phenoxy) is 1. The van der Waals surface area contributed by atoms with Crippen LogP contribution in [-0.2, 0) is 4.74 Å². The standard InChI is InChI=1S/C8H5NO3.C5H10O/c10-7-5-3-1-2-4-6(5)8(11)9(7)12;1-2-4-6-5-3-1/h1-4,12H;1-5H2. The molecule has 0 radical (unpaired) electrons. The van der Waals surface area contributed by atoms with E-state index < -0.39 is 11.8 Å². The summed E-state index contributed by atoms with van der Waals surface area (Å²) in [4.78, 5) is 22.1. The Morgan fingerprint density at radius 2 is 1.44 bits per heavy atom. The van der Waals surface area contributed by atoms with Crippen molar-refractivity contribution in [2.24, 2.45) is 0 Å². The van der Waals surface area contributed by atoms with Gasteiger partial charge in [0.1, 0.15) is 0 Å². The molecular weight excluding hydrogens is 234 g/mol. The fraction of sp³-hybridized carbons (Fsp3) is 0.385. The van der Waals surface area contributed by atoms with Crippen LogP contribution in [-0.4, -0.2) is 35.3 Å². The van der Waals surface area contributed by atoms with Gasteiger partial charge in [0.15, 0.2) is 0 Å². The molecule has 5 heteroatoms. The smallest absolute Gasteiger partial charge is 0.285 e. The van der Waals surface area contributed by atoms with Crippen LogP contribution in [0.1, 0.15) is 40.0 Å². The number of hydroxylamine groups is 2. The Hall–Kier alpha value is -1.72. The molecule has 2 amide bonds. The lowest BCUT2D eigenvalue weighted by Crippen LogP contribution is -2.25. The van der Waals surface area contributed by atoms with E-state index in [2.05, 4.69) is 0 Å². The van der Waals surface area contributed by atoms with Gasteiger partial charge in [0.2, 0.25) is 0 Å². The molecule has 0 saturated carbocycles. The highest BCUT2D eigenvalue weighted by Crippen LogP contribution is 2.19. The predicted octanol–water partition coefficient (Wildman–Crippen LogP) is 1.86. The number of carbonyl (C=O) groups is 2. The van der Waals surface area contributed by atoms with Crippen molar-refractivity contribution in [2.75, 3.05) is 13.2 Å². The summed E-state index contributed by atoms with van der Waals surface area (Å²) in [5.74, 6) is -1.31. The van der Waals surface area contributed by atoms with Crippen molar-refractivity contribution in [3.05, 3.63) is 35.4 Å². The molecule has 0 aromatic heterocycles. The number of imide groups is 1. The van der Waals surface area contributed by atoms with E-state index in [0.717, 1.165) is 13.2 Å². The largest absolute Gasteiger partial charge is 0.381 e. The van der Waals surface area contributed by atoms with E-state index in [1.807, 2.05) is 0 Å². The van der Waals surface area contributed by atoms with Crippen molar-refractivity contribution in [3.8, 4) is 0 Å². The van der Waals surface area contributed by atoms with Crippen LogP contribution in [0.4, 0.5) is 0 Å². The maximum Gasteiger partial charge on any atom is 0.285 e. The Labute approximate surface area is 105 Å². The zero-order valence-electron chi connectivity index (χ0n) is 9.96. The van der Waals surface area contributed by atoms with Gasteiger partial charge >= 0.3 is 0 Å². The first-order chi connectivity index (χ1) is 8.72. The monoisotopic (exact) mass is 249 g/mol. The maximum absolute atomic E-state index is 11.1. The highest BCUT2D eigenvalue weighted by molar-refractivity contribution is 6.20. The molecule has 3 rings (SSSR count). The SMILES string of the molecule is C1CCOCC1.O=C1c2ccccc2C(=O)N1O. The molecule has 2 aliphatic rings. The van der Waals surface area contributed by atoms with Crippen LogP contribution < -0.4 is 0 Å². The van der Waals surface area contributed by atoms with E-state index in [1.165, 1.54) is 31.4 Å². The van der Waals surface area contributed by atoms with Gasteiger partial charge in [-0.2, -0.15) is 0 Å². The first-order valence-corrected chi connectivity index (χ1v) is 5.96. The van der Waals surface area contributed by atoms with E-state index >= 15 is 0 Å². The minimum atomic E-state index is -0.657. The topological polar surface area (TPSA) is 66.8 Å². The summed E-state index contributed by atoms with van der Waals surface area (Å²) in [6.45, 7) is 2.00. The molecule has 1 aromatic carbocycles. The lowest BCUT2D eigenvalue weighted by Gasteiger charge is -2.08. The number of benzene rings is 1. The summed E-state index contributed by atoms with van der Waals surface area (Å²) in [7, 11) is 0. The molecule has 5 nitrogen and oxygen atoms in total. The molecule has 0 aliphatic carbocycles. The van der Waals surface area contributed by atoms with Crippen LogP contribution in [0, 0.1) is 0 Å². The van der Waals surface area contributed by atoms with Crippen LogP contribution in [0.5, 0.6) is 0 Å². The average Bonchev–Trinajstić information content (AvgIpc) is 2.67. The van der Waals surface area contributed by atoms with Crippen molar-refractivity contribution in [1.29, 1.82) is 0 Å². The third-order valence-corrected chi connectivity index (χ3v) is 2.85. The minimum absolute atomic E-state index is 0.130. The molecule has 0 spiro atoms. The van der Waals surface area contributed by atoms with Gasteiger partial charge in [-0.25, -0.2) is 0 Å². The Kier molecular flexibility index (Phi) is 4.07. The van der Waals surface area contributed by atoms with Gasteiger partial charge in [-0.3, -0.25) is 14.8 Å². The molecule has 1 aromatic rings. The summed E-state index contributed by atoms with van der Waals surface area (Å²) in [5, 5.41) is 9.05. The van der Waals surface area contributed by atoms with Gasteiger partial charge in [0, 0.05) is 13.2 Å². The van der Waals surface area contributed by atoms with Crippen molar-refractivity contribution in [3.63, 3.8) is 0 Å². The van der Waals surface area contributed by atoms with E-state index in [-0.39, 0.29) is 16.2 Å². The van der Waals surface area contributed by atoms with Crippen molar-refractivity contribution in [1.82, 2.24) is 5.06 Å². The van der Waals surface area contributed by atoms with Crippen LogP contribution >= 0.6 is 0 Å². The Morgan fingerprint density at radius 3 is 1.78 bits per heavy atom. The molecule has 18 heavy (non-hydrogen) atoms. The fourth-order valence-corrected chi connectivity index (χ4v) is 1.86. The molecule has 1 N–H and O–H groups in total. The van der Waals surface area contributed by atoms with Crippen molar-refractivity contribution in [2.45, 2.75) is 19.3 Å². The van der Waals surface area contributed by atoms with E-state index in [9.17, 15) is 9.59 Å². The quantitative estimate of drug-likeness (QED) is 0.563. The van der Waals surface area contributed by atoms with Gasteiger partial charge in [-0.05, 0) is 31.4 Å². The van der Waals surface area contributed by atoms with E-state index in [0.29, 0.717) is 0 Å². The second kappa shape index (κ2) is 5.75. The number of fused-ring (bicyclic) bond motifs is 1. The summed E-state index contributed by atoms with van der Waals surface area (Å²) in [6, 6.07) is 6.30. The van der Waals surface area contributed by atoms with Crippen LogP contribution in [0.25, 0.3) is 0 Å². The zero-order chi connectivity index (χ0) is 13.0. The van der Waals surface area contributed by atoms with E-state index in [4.69, 9.17) is 9.94 Å². The molecule has 1 saturated heterocycles. The highest BCUT2D eigenvalue weighted by Gasteiger charge is 2.33. The van der Waals surface area contributed by atoms with Crippen LogP contribution in [0.2, 0.25) is 0 Å². The van der Waals surface area contributed by atoms with Gasteiger partial charge in [0.05, 0.1) is 11.1 Å². The molecule has 0 atom stereocenters. The molecule has 2 heterocycles. The lowest BCUT2D eigenvalue weighted by molar-refractivity contribution is -0.0327. The second-order valence-corrected chi connectivity index (χ2v) is 4.14. The van der Waals surface area contributed by atoms with Gasteiger partial charge in [-0.15, -0.1) is 5.06 Å². The van der Waals surface area contributed by atoms with Crippen LogP contribution in [0.3, 0.4) is 0 Å². The number of carbonyl (C=O) groups excluding carboxylic acids is 2. The average molecular weight is 249 g/mol. The number of hydrogen-bond donors (Lipinski definition) is 1. The number of amides is 2. The molecule has 0 unspecified atom stereocenters. The van der Waals surface area contributed by atoms with Gasteiger partial charge in [-0.1, -0.05) is 12.1 Å². The van der Waals surface area contributed by atoms with Crippen molar-refractivity contribution < 1.29 is 19.5 Å². The number of rotatable bonds is 0. The summed E-state index contributed by atoms with van der Waals surface area (Å²) in [6.07, 6.45) is 3.93. The van der Waals surface area contributed by atoms with Crippen molar-refractivity contribution >= 4 is 11.8 Å². The van der Waals surface area contributed by atoms with Gasteiger partial charge in [0.25, 0.3) is 11.8 Å².